The molecule has 0 spiro atoms. The van der Waals surface area contributed by atoms with Crippen LogP contribution < -0.4 is 9.47 Å². The average Bonchev–Trinajstić information content (AvgIpc) is 3.15. The van der Waals surface area contributed by atoms with Gasteiger partial charge in [-0.15, -0.1) is 0 Å². The van der Waals surface area contributed by atoms with E-state index in [2.05, 4.69) is 10.1 Å². The summed E-state index contributed by atoms with van der Waals surface area (Å²) >= 11 is 0. The molecule has 140 valence electrons. The van der Waals surface area contributed by atoms with E-state index in [-0.39, 0.29) is 19.1 Å². The van der Waals surface area contributed by atoms with Crippen molar-refractivity contribution in [3.63, 3.8) is 0 Å². The quantitative estimate of drug-likeness (QED) is 0.639. The van der Waals surface area contributed by atoms with Gasteiger partial charge in [0, 0.05) is 12.6 Å². The third kappa shape index (κ3) is 4.63. The Hall–Kier alpha value is -3.35. The van der Waals surface area contributed by atoms with E-state index < -0.39 is 0 Å². The van der Waals surface area contributed by atoms with Gasteiger partial charge in [-0.25, -0.2) is 0 Å². The number of ether oxygens (including phenoxy) is 2. The van der Waals surface area contributed by atoms with E-state index in [4.69, 9.17) is 14.0 Å². The second kappa shape index (κ2) is 8.35. The van der Waals surface area contributed by atoms with Crippen molar-refractivity contribution in [1.82, 2.24) is 15.0 Å². The lowest BCUT2D eigenvalue weighted by atomic mass is 10.1. The molecule has 3 aromatic rings. The highest BCUT2D eigenvalue weighted by atomic mass is 16.5. The Morgan fingerprint density at radius 2 is 1.81 bits per heavy atom. The second-order valence-corrected chi connectivity index (χ2v) is 6.07. The number of hydrogen-bond acceptors (Lipinski definition) is 6. The number of hydrogen-bond donors (Lipinski definition) is 0. The Balaban J connectivity index is 1.57. The van der Waals surface area contributed by atoms with Crippen molar-refractivity contribution in [3.05, 3.63) is 60.0 Å². The third-order valence-electron chi connectivity index (χ3n) is 4.00. The van der Waals surface area contributed by atoms with Crippen molar-refractivity contribution in [1.29, 1.82) is 0 Å². The molecule has 0 saturated heterocycles. The van der Waals surface area contributed by atoms with E-state index in [0.29, 0.717) is 23.2 Å². The van der Waals surface area contributed by atoms with Crippen LogP contribution in [0.1, 0.15) is 11.5 Å². The van der Waals surface area contributed by atoms with E-state index in [1.807, 2.05) is 43.3 Å². The summed E-state index contributed by atoms with van der Waals surface area (Å²) in [5.74, 6) is 1.74. The van der Waals surface area contributed by atoms with E-state index >= 15 is 0 Å². The molecule has 0 aliphatic heterocycles. The van der Waals surface area contributed by atoms with Gasteiger partial charge < -0.3 is 18.9 Å². The van der Waals surface area contributed by atoms with Crippen molar-refractivity contribution in [2.75, 3.05) is 20.8 Å². The SMILES string of the molecule is COc1ccccc1OCC(=O)N(C)Cc1nc(-c2ccc(C)cc2)no1. The smallest absolute Gasteiger partial charge is 0.260 e. The fraction of sp³-hybridized carbons (Fsp3) is 0.250. The minimum atomic E-state index is -0.212. The standard InChI is InChI=1S/C20H21N3O4/c1-14-8-10-15(11-9-14)20-21-18(27-22-20)12-23(2)19(24)13-26-17-7-5-4-6-16(17)25-3/h4-11H,12-13H2,1-3H3. The first-order valence-corrected chi connectivity index (χ1v) is 8.46. The van der Waals surface area contributed by atoms with Crippen LogP contribution in [0.3, 0.4) is 0 Å². The lowest BCUT2D eigenvalue weighted by molar-refractivity contribution is -0.132. The predicted molar refractivity (Wildman–Crippen MR) is 99.4 cm³/mol. The van der Waals surface area contributed by atoms with Crippen LogP contribution in [0.2, 0.25) is 0 Å². The molecule has 0 bridgehead atoms. The van der Waals surface area contributed by atoms with Gasteiger partial charge in [-0.3, -0.25) is 4.79 Å². The lowest BCUT2D eigenvalue weighted by Crippen LogP contribution is -2.31. The zero-order chi connectivity index (χ0) is 19.2. The Bertz CT molecular complexity index is 906. The number of likely N-dealkylation sites (N-methyl/N-ethyl adjacent to an activating group) is 1. The Morgan fingerprint density at radius 3 is 2.52 bits per heavy atom. The van der Waals surface area contributed by atoms with Crippen molar-refractivity contribution in [3.8, 4) is 22.9 Å². The molecule has 2 aromatic carbocycles. The molecule has 7 nitrogen and oxygen atoms in total. The maximum Gasteiger partial charge on any atom is 0.260 e. The molecule has 1 aromatic heterocycles. The molecule has 3 rings (SSSR count). The number of carbonyl (C=O) groups excluding carboxylic acids is 1. The summed E-state index contributed by atoms with van der Waals surface area (Å²) in [5, 5.41) is 3.97. The molecule has 1 amide bonds. The summed E-state index contributed by atoms with van der Waals surface area (Å²) < 4.78 is 16.0. The van der Waals surface area contributed by atoms with Crippen LogP contribution in [0.5, 0.6) is 11.5 Å². The number of benzene rings is 2. The Labute approximate surface area is 157 Å². The van der Waals surface area contributed by atoms with Crippen LogP contribution in [0.15, 0.2) is 53.1 Å². The van der Waals surface area contributed by atoms with Gasteiger partial charge in [-0.1, -0.05) is 47.1 Å². The zero-order valence-electron chi connectivity index (χ0n) is 15.5. The molecule has 0 radical (unpaired) electrons. The summed E-state index contributed by atoms with van der Waals surface area (Å²) in [6.07, 6.45) is 0. The molecule has 0 N–H and O–H groups in total. The van der Waals surface area contributed by atoms with Crippen LogP contribution in [0.4, 0.5) is 0 Å². The number of nitrogens with zero attached hydrogens (tertiary/aromatic N) is 3. The van der Waals surface area contributed by atoms with Crippen LogP contribution >= 0.6 is 0 Å². The van der Waals surface area contributed by atoms with Crippen molar-refractivity contribution >= 4 is 5.91 Å². The second-order valence-electron chi connectivity index (χ2n) is 6.07. The summed E-state index contributed by atoms with van der Waals surface area (Å²) in [5.41, 5.74) is 2.02. The number of aryl methyl sites for hydroxylation is 1. The maximum atomic E-state index is 12.3. The van der Waals surface area contributed by atoms with E-state index in [0.717, 1.165) is 11.1 Å². The summed E-state index contributed by atoms with van der Waals surface area (Å²) in [4.78, 5) is 18.1. The van der Waals surface area contributed by atoms with Gasteiger partial charge in [0.15, 0.2) is 18.1 Å². The van der Waals surface area contributed by atoms with Gasteiger partial charge in [-0.2, -0.15) is 4.98 Å². The summed E-state index contributed by atoms with van der Waals surface area (Å²) in [6.45, 7) is 2.10. The van der Waals surface area contributed by atoms with Gasteiger partial charge in [-0.05, 0) is 19.1 Å². The van der Waals surface area contributed by atoms with Crippen molar-refractivity contribution in [2.24, 2.45) is 0 Å². The molecule has 0 fully saturated rings. The molecule has 0 unspecified atom stereocenters. The minimum absolute atomic E-state index is 0.115. The molecule has 27 heavy (non-hydrogen) atoms. The van der Waals surface area contributed by atoms with E-state index in [1.54, 1.807) is 26.3 Å². The van der Waals surface area contributed by atoms with Gasteiger partial charge in [0.1, 0.15) is 0 Å². The number of aromatic nitrogens is 2. The summed E-state index contributed by atoms with van der Waals surface area (Å²) in [7, 11) is 3.21. The van der Waals surface area contributed by atoms with Gasteiger partial charge >= 0.3 is 0 Å². The topological polar surface area (TPSA) is 77.7 Å². The number of methoxy groups -OCH3 is 1. The van der Waals surface area contributed by atoms with Crippen molar-refractivity contribution < 1.29 is 18.8 Å². The maximum absolute atomic E-state index is 12.3. The molecule has 7 heteroatoms. The van der Waals surface area contributed by atoms with E-state index in [1.165, 1.54) is 4.90 Å². The average molecular weight is 367 g/mol. The predicted octanol–water partition coefficient (Wildman–Crippen LogP) is 3.09. The monoisotopic (exact) mass is 367 g/mol. The third-order valence-corrected chi connectivity index (χ3v) is 4.00. The molecule has 0 saturated carbocycles. The molecule has 1 heterocycles. The van der Waals surface area contributed by atoms with Gasteiger partial charge in [0.25, 0.3) is 5.91 Å². The molecule has 0 aliphatic rings. The first-order valence-electron chi connectivity index (χ1n) is 8.46. The normalized spacial score (nSPS) is 10.5. The molecular formula is C20H21N3O4. The number of para-hydroxylation sites is 2. The molecule has 0 atom stereocenters. The van der Waals surface area contributed by atoms with Crippen LogP contribution in [-0.4, -0.2) is 41.7 Å². The fourth-order valence-corrected chi connectivity index (χ4v) is 2.42. The first-order chi connectivity index (χ1) is 13.1. The van der Waals surface area contributed by atoms with Crippen LogP contribution in [0, 0.1) is 6.92 Å². The zero-order valence-corrected chi connectivity index (χ0v) is 15.5. The van der Waals surface area contributed by atoms with Gasteiger partial charge in [0.2, 0.25) is 11.7 Å². The highest BCUT2D eigenvalue weighted by Gasteiger charge is 2.16. The minimum Gasteiger partial charge on any atom is -0.493 e. The lowest BCUT2D eigenvalue weighted by Gasteiger charge is -2.16. The number of rotatable bonds is 7. The largest absolute Gasteiger partial charge is 0.493 e. The summed E-state index contributed by atoms with van der Waals surface area (Å²) in [6, 6.07) is 15.0. The highest BCUT2D eigenvalue weighted by Crippen LogP contribution is 2.25. The first kappa shape index (κ1) is 18.4. The number of amides is 1. The van der Waals surface area contributed by atoms with Crippen molar-refractivity contribution in [2.45, 2.75) is 13.5 Å². The van der Waals surface area contributed by atoms with Crippen LogP contribution in [-0.2, 0) is 11.3 Å². The Kier molecular flexibility index (Phi) is 5.71. The Morgan fingerprint density at radius 1 is 1.11 bits per heavy atom. The van der Waals surface area contributed by atoms with Crippen LogP contribution in [0.25, 0.3) is 11.4 Å². The van der Waals surface area contributed by atoms with E-state index in [9.17, 15) is 4.79 Å². The molecule has 0 aliphatic carbocycles. The molecular weight excluding hydrogens is 346 g/mol. The van der Waals surface area contributed by atoms with Gasteiger partial charge in [0.05, 0.1) is 13.7 Å². The highest BCUT2D eigenvalue weighted by molar-refractivity contribution is 5.77. The fourth-order valence-electron chi connectivity index (χ4n) is 2.42. The number of carbonyl (C=O) groups is 1.